The van der Waals surface area contributed by atoms with Crippen molar-refractivity contribution >= 4 is 49.4 Å². The normalized spacial score (nSPS) is 18.0. The molecule has 21 nitrogen and oxygen atoms in total. The van der Waals surface area contributed by atoms with Crippen LogP contribution < -0.4 is 16.4 Å². The summed E-state index contributed by atoms with van der Waals surface area (Å²) in [6.07, 6.45) is 24.9. The third kappa shape index (κ3) is 45.3. The Balaban J connectivity index is 3.78. The average molecular weight is 1320 g/mol. The van der Waals surface area contributed by atoms with Gasteiger partial charge in [-0.05, 0) is 57.8 Å². The van der Waals surface area contributed by atoms with E-state index in [1.807, 2.05) is 20.8 Å². The maximum atomic E-state index is 14.6. The largest absolute Gasteiger partial charge is 0.470 e. The maximum Gasteiger partial charge on any atom is 0.470 e. The third-order valence-corrected chi connectivity index (χ3v) is 17.3. The number of esters is 4. The standard InChI is InChI=1S/C69H128N3O18P/c1-7-13-19-22-25-28-31-34-40-43-54(85-61(76)46-37-16-10-4)49-59(74)71-57(68(70)80)53-84-69-65(72-60(75)50-55(86-62(77)47-38-17-11-5)44-41-35-32-29-26-23-20-14-8-2)67(66(58(52-73)88-69)90-91(81,82)83)89-64(79)51-56(87-63(78)48-39-18-12-6)45-42-36-33-30-27-24-21-15-9-3/h54-58,65-67,69,73H,7-53H2,1-6H3,(H2,70,80)(H,71,74)(H,72,75)(H2,81,82,83)/t54-,55-,56-,57+,58-,65-,66-,67-,69+/m1/s1. The Morgan fingerprint density at radius 1 is 0.462 bits per heavy atom. The molecule has 0 aromatic rings. The molecule has 1 rings (SSSR count). The van der Waals surface area contributed by atoms with E-state index in [2.05, 4.69) is 31.4 Å². The Labute approximate surface area is 548 Å². The molecular weight excluding hydrogens is 1190 g/mol. The Kier molecular flexibility index (Phi) is 52.1. The first kappa shape index (κ1) is 85.3. The van der Waals surface area contributed by atoms with Gasteiger partial charge in [0.15, 0.2) is 12.4 Å². The number of primary amides is 1. The number of hydrogen-bond acceptors (Lipinski definition) is 16. The van der Waals surface area contributed by atoms with Crippen LogP contribution in [0.1, 0.15) is 330 Å². The number of carbonyl (C=O) groups is 7. The molecule has 1 fully saturated rings. The number of phosphoric ester groups is 1. The molecular formula is C69H128N3O18P. The lowest BCUT2D eigenvalue weighted by atomic mass is 9.95. The quantitative estimate of drug-likeness (QED) is 0.0143. The topological polar surface area (TPSA) is 312 Å². The number of nitrogens with one attached hydrogen (secondary N) is 2. The van der Waals surface area contributed by atoms with Gasteiger partial charge in [0.2, 0.25) is 17.7 Å². The molecule has 0 aromatic heterocycles. The van der Waals surface area contributed by atoms with Crippen LogP contribution in [-0.2, 0) is 71.1 Å². The van der Waals surface area contributed by atoms with Gasteiger partial charge in [0.05, 0.1) is 32.5 Å². The number of unbranched alkanes of at least 4 members (excludes halogenated alkanes) is 30. The van der Waals surface area contributed by atoms with Crippen LogP contribution in [0.25, 0.3) is 0 Å². The molecule has 0 bridgehead atoms. The molecule has 1 saturated heterocycles. The summed E-state index contributed by atoms with van der Waals surface area (Å²) in [6, 6.07) is -3.32. The summed E-state index contributed by atoms with van der Waals surface area (Å²) in [5.74, 6) is -4.97. The Morgan fingerprint density at radius 3 is 1.15 bits per heavy atom. The van der Waals surface area contributed by atoms with Crippen LogP contribution in [0.2, 0.25) is 0 Å². The maximum absolute atomic E-state index is 14.6. The van der Waals surface area contributed by atoms with Crippen molar-refractivity contribution in [2.45, 2.75) is 385 Å². The second-order valence-electron chi connectivity index (χ2n) is 25.4. The lowest BCUT2D eigenvalue weighted by molar-refractivity contribution is -0.272. The lowest BCUT2D eigenvalue weighted by Crippen LogP contribution is -2.67. The number of rotatable bonds is 61. The number of carbonyl (C=O) groups excluding carboxylic acids is 7. The van der Waals surface area contributed by atoms with E-state index in [0.29, 0.717) is 57.8 Å². The molecule has 1 aliphatic heterocycles. The fourth-order valence-corrected chi connectivity index (χ4v) is 12.0. The van der Waals surface area contributed by atoms with Gasteiger partial charge in [-0.1, -0.05) is 234 Å². The zero-order valence-electron chi connectivity index (χ0n) is 57.4. The lowest BCUT2D eigenvalue weighted by Gasteiger charge is -2.45. The van der Waals surface area contributed by atoms with Crippen LogP contribution in [0.4, 0.5) is 0 Å². The van der Waals surface area contributed by atoms with Crippen molar-refractivity contribution in [3.63, 3.8) is 0 Å². The predicted molar refractivity (Wildman–Crippen MR) is 353 cm³/mol. The summed E-state index contributed by atoms with van der Waals surface area (Å²) in [6.45, 7) is 10.8. The van der Waals surface area contributed by atoms with Gasteiger partial charge in [-0.25, -0.2) is 4.57 Å². The first-order valence-corrected chi connectivity index (χ1v) is 37.6. The van der Waals surface area contributed by atoms with Gasteiger partial charge >= 0.3 is 31.7 Å². The summed E-state index contributed by atoms with van der Waals surface area (Å²) in [7, 11) is -5.53. The van der Waals surface area contributed by atoms with E-state index in [9.17, 15) is 53.0 Å². The van der Waals surface area contributed by atoms with Gasteiger partial charge in [-0.2, -0.15) is 0 Å². The summed E-state index contributed by atoms with van der Waals surface area (Å²) in [5, 5.41) is 16.2. The fraction of sp³-hybridized carbons (Fsp3) is 0.899. The molecule has 91 heavy (non-hydrogen) atoms. The number of ether oxygens (including phenoxy) is 6. The van der Waals surface area contributed by atoms with E-state index in [1.165, 1.54) is 51.4 Å². The van der Waals surface area contributed by atoms with Crippen molar-refractivity contribution < 1.29 is 86.0 Å². The molecule has 0 spiro atoms. The molecule has 532 valence electrons. The highest BCUT2D eigenvalue weighted by Crippen LogP contribution is 2.42. The highest BCUT2D eigenvalue weighted by atomic mass is 31.2. The van der Waals surface area contributed by atoms with Crippen molar-refractivity contribution in [3.8, 4) is 0 Å². The van der Waals surface area contributed by atoms with Gasteiger partial charge in [0.25, 0.3) is 0 Å². The molecule has 1 aliphatic rings. The molecule has 7 N–H and O–H groups in total. The first-order chi connectivity index (χ1) is 43.8. The van der Waals surface area contributed by atoms with Crippen LogP contribution in [0.5, 0.6) is 0 Å². The summed E-state index contributed by atoms with van der Waals surface area (Å²) in [5.41, 5.74) is 5.90. The second kappa shape index (κ2) is 55.6. The van der Waals surface area contributed by atoms with E-state index in [-0.39, 0.29) is 25.7 Å². The van der Waals surface area contributed by atoms with Crippen LogP contribution in [0.15, 0.2) is 0 Å². The van der Waals surface area contributed by atoms with Crippen LogP contribution in [-0.4, -0.2) is 125 Å². The third-order valence-electron chi connectivity index (χ3n) is 16.7. The van der Waals surface area contributed by atoms with Crippen LogP contribution in [0.3, 0.4) is 0 Å². The van der Waals surface area contributed by atoms with Crippen molar-refractivity contribution in [3.05, 3.63) is 0 Å². The smallest absolute Gasteiger partial charge is 0.462 e. The van der Waals surface area contributed by atoms with Gasteiger partial charge < -0.3 is 59.7 Å². The number of phosphoric acid groups is 1. The second-order valence-corrected chi connectivity index (χ2v) is 26.6. The molecule has 0 radical (unpaired) electrons. The number of hydrogen-bond donors (Lipinski definition) is 6. The van der Waals surface area contributed by atoms with Gasteiger partial charge in [-0.3, -0.25) is 38.1 Å². The van der Waals surface area contributed by atoms with Gasteiger partial charge in [-0.15, -0.1) is 0 Å². The molecule has 0 aromatic carbocycles. The number of amides is 3. The fourth-order valence-electron chi connectivity index (χ4n) is 11.4. The minimum Gasteiger partial charge on any atom is -0.462 e. The molecule has 3 amide bonds. The van der Waals surface area contributed by atoms with Crippen LogP contribution in [0, 0.1) is 0 Å². The summed E-state index contributed by atoms with van der Waals surface area (Å²) >= 11 is 0. The SMILES string of the molecule is CCCCCCCCCCC[C@H](CC(=O)N[C@H]1[C@@H](OC[C@H](NC(=O)C[C@@H](CCCCCCCCCCC)OC(=O)CCCCC)C(N)=O)O[C@H](CO)[C@@H](OP(=O)(O)O)[C@@H]1OC(=O)C[C@@H](CCCCCCCCCCC)OC(=O)CCCCC)OC(=O)CCCCC. The van der Waals surface area contributed by atoms with Crippen molar-refractivity contribution in [2.75, 3.05) is 13.2 Å². The van der Waals surface area contributed by atoms with E-state index in [4.69, 9.17) is 38.7 Å². The number of aliphatic hydroxyl groups excluding tert-OH is 1. The van der Waals surface area contributed by atoms with Gasteiger partial charge in [0, 0.05) is 19.3 Å². The molecule has 0 saturated carbocycles. The molecule has 0 unspecified atom stereocenters. The van der Waals surface area contributed by atoms with E-state index in [0.717, 1.165) is 141 Å². The average Bonchev–Trinajstić information content (AvgIpc) is 1.06. The van der Waals surface area contributed by atoms with Crippen LogP contribution >= 0.6 is 7.82 Å². The van der Waals surface area contributed by atoms with Crippen molar-refractivity contribution in [1.29, 1.82) is 0 Å². The number of nitrogens with two attached hydrogens (primary N) is 1. The summed E-state index contributed by atoms with van der Waals surface area (Å²) < 4.78 is 54.2. The van der Waals surface area contributed by atoms with E-state index in [1.54, 1.807) is 0 Å². The molecule has 1 heterocycles. The highest BCUT2D eigenvalue weighted by Gasteiger charge is 2.52. The Bertz CT molecular complexity index is 1960. The minimum absolute atomic E-state index is 0.119. The molecule has 22 heteroatoms. The van der Waals surface area contributed by atoms with E-state index >= 15 is 0 Å². The molecule has 0 aliphatic carbocycles. The first-order valence-electron chi connectivity index (χ1n) is 36.1. The zero-order valence-corrected chi connectivity index (χ0v) is 58.3. The molecule has 9 atom stereocenters. The predicted octanol–water partition coefficient (Wildman–Crippen LogP) is 14.0. The zero-order chi connectivity index (χ0) is 67.3. The van der Waals surface area contributed by atoms with Crippen molar-refractivity contribution in [2.24, 2.45) is 5.73 Å². The minimum atomic E-state index is -5.53. The monoisotopic (exact) mass is 1320 g/mol. The number of aliphatic hydroxyl groups is 1. The summed E-state index contributed by atoms with van der Waals surface area (Å²) in [4.78, 5) is 116. The highest BCUT2D eigenvalue weighted by molar-refractivity contribution is 7.46. The van der Waals surface area contributed by atoms with E-state index < -0.39 is 130 Å². The Morgan fingerprint density at radius 2 is 0.802 bits per heavy atom. The Hall–Kier alpha value is -3.72. The van der Waals surface area contributed by atoms with Crippen molar-refractivity contribution in [1.82, 2.24) is 10.6 Å². The van der Waals surface area contributed by atoms with Gasteiger partial charge in [0.1, 0.15) is 42.6 Å².